The molecule has 0 spiro atoms. The Morgan fingerprint density at radius 2 is 1.88 bits per heavy atom. The number of carbonyl (C=O) groups is 1. The molecule has 1 aliphatic heterocycles. The maximum atomic E-state index is 12.9. The van der Waals surface area contributed by atoms with Crippen LogP contribution < -0.4 is 4.74 Å². The molecule has 0 N–H and O–H groups in total. The highest BCUT2D eigenvalue weighted by molar-refractivity contribution is 6.35. The molecule has 0 bridgehead atoms. The first kappa shape index (κ1) is 22.0. The van der Waals surface area contributed by atoms with E-state index in [1.54, 1.807) is 6.92 Å². The van der Waals surface area contributed by atoms with Gasteiger partial charge in [0.15, 0.2) is 0 Å². The van der Waals surface area contributed by atoms with E-state index >= 15 is 0 Å². The van der Waals surface area contributed by atoms with E-state index in [-0.39, 0.29) is 12.2 Å². The molecular weight excluding hydrogens is 408 g/mol. The zero-order valence-electron chi connectivity index (χ0n) is 18.5. The largest absolute Gasteiger partial charge is 0.624 e. The number of ether oxygens (including phenoxy) is 3. The number of esters is 1. The fourth-order valence-electron chi connectivity index (χ4n) is 4.17. The Bertz CT molecular complexity index is 1040. The molecule has 1 saturated heterocycles. The lowest BCUT2D eigenvalue weighted by Gasteiger charge is -2.26. The first-order valence-electron chi connectivity index (χ1n) is 10.9. The van der Waals surface area contributed by atoms with E-state index in [1.807, 2.05) is 48.5 Å². The van der Waals surface area contributed by atoms with Gasteiger partial charge < -0.3 is 19.4 Å². The molecule has 0 saturated carbocycles. The topological polar surface area (TPSA) is 74.1 Å². The highest BCUT2D eigenvalue weighted by Gasteiger charge is 2.39. The highest BCUT2D eigenvalue weighted by atomic mass is 16.5. The minimum Gasteiger partial charge on any atom is -0.624 e. The molecule has 1 aliphatic carbocycles. The zero-order valence-corrected chi connectivity index (χ0v) is 18.5. The van der Waals surface area contributed by atoms with Gasteiger partial charge in [0.1, 0.15) is 25.0 Å². The summed E-state index contributed by atoms with van der Waals surface area (Å²) in [6.07, 6.45) is 0. The van der Waals surface area contributed by atoms with Crippen LogP contribution in [0.3, 0.4) is 0 Å². The first-order chi connectivity index (χ1) is 15.6. The van der Waals surface area contributed by atoms with Gasteiger partial charge in [-0.25, -0.2) is 9.53 Å². The second-order valence-electron chi connectivity index (χ2n) is 7.69. The summed E-state index contributed by atoms with van der Waals surface area (Å²) in [5.41, 5.74) is 3.64. The molecular formula is C25H28N2O5. The number of nitrogens with zero attached hydrogens (tertiary/aromatic N) is 2. The summed E-state index contributed by atoms with van der Waals surface area (Å²) in [5, 5.41) is 12.6. The van der Waals surface area contributed by atoms with Crippen molar-refractivity contribution in [2.45, 2.75) is 6.92 Å². The SMILES string of the molecule is CCOC(=O)C1=C(c2ccccc2)c2ccc(OCCN3CCOCC3)cc2/C1=[N+](/C)[O-]. The summed E-state index contributed by atoms with van der Waals surface area (Å²) in [6, 6.07) is 15.2. The minimum atomic E-state index is -0.505. The van der Waals surface area contributed by atoms with Crippen molar-refractivity contribution in [2.75, 3.05) is 53.1 Å². The third-order valence-electron chi connectivity index (χ3n) is 5.64. The van der Waals surface area contributed by atoms with Gasteiger partial charge in [-0.2, -0.15) is 0 Å². The van der Waals surface area contributed by atoms with Crippen LogP contribution >= 0.6 is 0 Å². The molecule has 168 valence electrons. The Morgan fingerprint density at radius 3 is 2.56 bits per heavy atom. The zero-order chi connectivity index (χ0) is 22.5. The molecule has 7 heteroatoms. The maximum Gasteiger partial charge on any atom is 0.345 e. The van der Waals surface area contributed by atoms with Gasteiger partial charge in [-0.05, 0) is 36.2 Å². The number of carbonyl (C=O) groups excluding carboxylic acids is 1. The average Bonchev–Trinajstić information content (AvgIpc) is 3.15. The average molecular weight is 437 g/mol. The van der Waals surface area contributed by atoms with Crippen LogP contribution in [0.4, 0.5) is 0 Å². The molecule has 7 nitrogen and oxygen atoms in total. The number of hydrogen-bond acceptors (Lipinski definition) is 6. The molecule has 0 amide bonds. The Labute approximate surface area is 188 Å². The van der Waals surface area contributed by atoms with Crippen LogP contribution in [-0.4, -0.2) is 74.4 Å². The molecule has 0 unspecified atom stereocenters. The third-order valence-corrected chi connectivity index (χ3v) is 5.64. The number of benzene rings is 2. The fourth-order valence-corrected chi connectivity index (χ4v) is 4.17. The van der Waals surface area contributed by atoms with Gasteiger partial charge in [-0.3, -0.25) is 4.90 Å². The molecule has 1 fully saturated rings. The third kappa shape index (κ3) is 4.54. The van der Waals surface area contributed by atoms with E-state index in [2.05, 4.69) is 4.90 Å². The van der Waals surface area contributed by atoms with Crippen molar-refractivity contribution in [3.63, 3.8) is 0 Å². The molecule has 4 rings (SSSR count). The van der Waals surface area contributed by atoms with Crippen molar-refractivity contribution >= 4 is 17.3 Å². The summed E-state index contributed by atoms with van der Waals surface area (Å²) in [7, 11) is 1.40. The molecule has 1 heterocycles. The fraction of sp³-hybridized carbons (Fsp3) is 0.360. The Balaban J connectivity index is 1.67. The molecule has 2 aromatic carbocycles. The van der Waals surface area contributed by atoms with E-state index in [0.717, 1.165) is 48.7 Å². The van der Waals surface area contributed by atoms with E-state index in [9.17, 15) is 10.0 Å². The number of hydroxylamine groups is 1. The summed E-state index contributed by atoms with van der Waals surface area (Å²) in [6.45, 7) is 6.62. The van der Waals surface area contributed by atoms with Crippen LogP contribution in [0, 0.1) is 5.21 Å². The summed E-state index contributed by atoms with van der Waals surface area (Å²) < 4.78 is 17.4. The van der Waals surface area contributed by atoms with Crippen LogP contribution in [0.15, 0.2) is 54.1 Å². The lowest BCUT2D eigenvalue weighted by Crippen LogP contribution is -2.38. The summed E-state index contributed by atoms with van der Waals surface area (Å²) in [5.74, 6) is 0.156. The van der Waals surface area contributed by atoms with Gasteiger partial charge in [0, 0.05) is 25.2 Å². The van der Waals surface area contributed by atoms with E-state index in [1.165, 1.54) is 7.05 Å². The summed E-state index contributed by atoms with van der Waals surface area (Å²) >= 11 is 0. The number of morpholine rings is 1. The van der Waals surface area contributed by atoms with Crippen molar-refractivity contribution < 1.29 is 23.7 Å². The van der Waals surface area contributed by atoms with Gasteiger partial charge in [0.2, 0.25) is 5.71 Å². The smallest absolute Gasteiger partial charge is 0.345 e. The molecule has 0 aromatic heterocycles. The first-order valence-corrected chi connectivity index (χ1v) is 10.9. The molecule has 0 radical (unpaired) electrons. The van der Waals surface area contributed by atoms with Crippen molar-refractivity contribution in [1.29, 1.82) is 0 Å². The molecule has 32 heavy (non-hydrogen) atoms. The lowest BCUT2D eigenvalue weighted by molar-refractivity contribution is -0.421. The maximum absolute atomic E-state index is 12.9. The Morgan fingerprint density at radius 1 is 1.12 bits per heavy atom. The van der Waals surface area contributed by atoms with Crippen molar-refractivity contribution in [3.8, 4) is 5.75 Å². The lowest BCUT2D eigenvalue weighted by atomic mass is 9.97. The standard InChI is InChI=1S/C25H28N2O5/c1-3-31-25(28)23-22(18-7-5-4-6-8-18)20-10-9-19(17-21(20)24(23)26(2)29)32-16-13-27-11-14-30-15-12-27/h4-10,17H,3,11-16H2,1-2H3/b26-24+. The van der Waals surface area contributed by atoms with Gasteiger partial charge in [0.05, 0.1) is 25.4 Å². The quantitative estimate of drug-likeness (QED) is 0.288. The number of hydrogen-bond donors (Lipinski definition) is 0. The summed E-state index contributed by atoms with van der Waals surface area (Å²) in [4.78, 5) is 15.2. The van der Waals surface area contributed by atoms with Crippen LogP contribution in [0.2, 0.25) is 0 Å². The number of rotatable bonds is 7. The second kappa shape index (κ2) is 9.97. The van der Waals surface area contributed by atoms with Gasteiger partial charge in [0.25, 0.3) is 0 Å². The molecule has 2 aliphatic rings. The molecule has 2 aromatic rings. The number of fused-ring (bicyclic) bond motifs is 1. The second-order valence-corrected chi connectivity index (χ2v) is 7.69. The van der Waals surface area contributed by atoms with E-state index < -0.39 is 5.97 Å². The van der Waals surface area contributed by atoms with Crippen LogP contribution in [0.1, 0.15) is 23.6 Å². The van der Waals surface area contributed by atoms with Crippen LogP contribution in [0.5, 0.6) is 5.75 Å². The minimum absolute atomic E-state index is 0.229. The predicted octanol–water partition coefficient (Wildman–Crippen LogP) is 2.71. The van der Waals surface area contributed by atoms with Crippen molar-refractivity contribution in [1.82, 2.24) is 4.90 Å². The van der Waals surface area contributed by atoms with Gasteiger partial charge in [-0.1, -0.05) is 30.3 Å². The monoisotopic (exact) mass is 436 g/mol. The van der Waals surface area contributed by atoms with Crippen LogP contribution in [-0.2, 0) is 14.3 Å². The predicted molar refractivity (Wildman–Crippen MR) is 122 cm³/mol. The highest BCUT2D eigenvalue weighted by Crippen LogP contribution is 2.40. The van der Waals surface area contributed by atoms with E-state index in [0.29, 0.717) is 29.2 Å². The Kier molecular flexibility index (Phi) is 6.87. The normalized spacial score (nSPS) is 17.8. The van der Waals surface area contributed by atoms with Gasteiger partial charge >= 0.3 is 5.97 Å². The molecule has 0 atom stereocenters. The Hall–Kier alpha value is -3.16. The van der Waals surface area contributed by atoms with Crippen LogP contribution in [0.25, 0.3) is 5.57 Å². The van der Waals surface area contributed by atoms with Gasteiger partial charge in [-0.15, -0.1) is 0 Å². The van der Waals surface area contributed by atoms with Crippen molar-refractivity contribution in [3.05, 3.63) is 76.0 Å². The van der Waals surface area contributed by atoms with E-state index in [4.69, 9.17) is 14.2 Å². The van der Waals surface area contributed by atoms with Crippen molar-refractivity contribution in [2.24, 2.45) is 0 Å².